The van der Waals surface area contributed by atoms with Crippen molar-refractivity contribution in [1.29, 1.82) is 0 Å². The molecule has 0 unspecified atom stereocenters. The van der Waals surface area contributed by atoms with Crippen LogP contribution in [-0.2, 0) is 4.74 Å². The second-order valence-corrected chi connectivity index (χ2v) is 5.73. The van der Waals surface area contributed by atoms with E-state index in [2.05, 4.69) is 10.3 Å². The number of aryl methyl sites for hydroxylation is 1. The lowest BCUT2D eigenvalue weighted by Crippen LogP contribution is -2.02. The summed E-state index contributed by atoms with van der Waals surface area (Å²) < 4.78 is 15.4. The van der Waals surface area contributed by atoms with Crippen LogP contribution in [0.1, 0.15) is 16.1 Å². The number of benzene rings is 2. The van der Waals surface area contributed by atoms with Crippen molar-refractivity contribution in [3.05, 3.63) is 53.7 Å². The third kappa shape index (κ3) is 3.39. The maximum absolute atomic E-state index is 11.9. The highest BCUT2D eigenvalue weighted by atomic mass is 16.5. The first-order valence-electron chi connectivity index (χ1n) is 8.04. The molecular formula is C20H20N2O4. The van der Waals surface area contributed by atoms with Crippen LogP contribution >= 0.6 is 0 Å². The van der Waals surface area contributed by atoms with Crippen molar-refractivity contribution in [2.45, 2.75) is 6.92 Å². The highest BCUT2D eigenvalue weighted by molar-refractivity contribution is 5.99. The van der Waals surface area contributed by atoms with Crippen LogP contribution in [0.25, 0.3) is 10.9 Å². The van der Waals surface area contributed by atoms with Gasteiger partial charge in [-0.2, -0.15) is 0 Å². The quantitative estimate of drug-likeness (QED) is 0.698. The molecule has 0 saturated heterocycles. The number of pyridine rings is 1. The van der Waals surface area contributed by atoms with Gasteiger partial charge in [-0.3, -0.25) is 4.98 Å². The van der Waals surface area contributed by atoms with Gasteiger partial charge in [0.15, 0.2) is 11.5 Å². The van der Waals surface area contributed by atoms with Crippen LogP contribution in [0.15, 0.2) is 42.5 Å². The van der Waals surface area contributed by atoms with Crippen molar-refractivity contribution in [2.24, 2.45) is 0 Å². The first-order valence-corrected chi connectivity index (χ1v) is 8.04. The minimum Gasteiger partial charge on any atom is -0.493 e. The molecule has 1 heterocycles. The summed E-state index contributed by atoms with van der Waals surface area (Å²) in [7, 11) is 4.55. The predicted octanol–water partition coefficient (Wildman–Crippen LogP) is 4.09. The number of ether oxygens (including phenoxy) is 3. The molecule has 26 heavy (non-hydrogen) atoms. The van der Waals surface area contributed by atoms with Crippen molar-refractivity contribution in [3.63, 3.8) is 0 Å². The Hall–Kier alpha value is -3.28. The van der Waals surface area contributed by atoms with Crippen LogP contribution < -0.4 is 14.8 Å². The van der Waals surface area contributed by atoms with E-state index in [1.54, 1.807) is 26.4 Å². The normalized spacial score (nSPS) is 10.5. The molecule has 0 aliphatic heterocycles. The molecule has 0 bridgehead atoms. The molecule has 0 atom stereocenters. The maximum Gasteiger partial charge on any atom is 0.337 e. The fourth-order valence-electron chi connectivity index (χ4n) is 2.78. The second-order valence-electron chi connectivity index (χ2n) is 5.73. The summed E-state index contributed by atoms with van der Waals surface area (Å²) in [5.41, 5.74) is 3.80. The summed E-state index contributed by atoms with van der Waals surface area (Å²) in [5, 5.41) is 4.20. The summed E-state index contributed by atoms with van der Waals surface area (Å²) in [4.78, 5) is 16.4. The summed E-state index contributed by atoms with van der Waals surface area (Å²) in [6, 6.07) is 12.8. The summed E-state index contributed by atoms with van der Waals surface area (Å²) >= 11 is 0. The molecule has 3 aromatic rings. The molecule has 1 N–H and O–H groups in total. The highest BCUT2D eigenvalue weighted by Crippen LogP contribution is 2.33. The number of carbonyl (C=O) groups is 1. The minimum absolute atomic E-state index is 0.385. The fraction of sp³-hybridized carbons (Fsp3) is 0.200. The number of esters is 1. The van der Waals surface area contributed by atoms with Crippen LogP contribution in [0.5, 0.6) is 11.5 Å². The average Bonchev–Trinajstić information content (AvgIpc) is 2.66. The van der Waals surface area contributed by atoms with Crippen molar-refractivity contribution in [1.82, 2.24) is 4.98 Å². The van der Waals surface area contributed by atoms with E-state index in [1.807, 2.05) is 37.3 Å². The molecule has 6 heteroatoms. The Morgan fingerprint density at radius 1 is 0.962 bits per heavy atom. The standard InChI is InChI=1S/C20H20N2O4/c1-12-9-17(22-14-6-8-18(24-2)19(11-14)25-3)15-10-13(20(23)26-4)5-7-16(15)21-12/h5-11H,1-4H3,(H,21,22). The molecule has 0 aliphatic carbocycles. The van der Waals surface area contributed by atoms with E-state index in [4.69, 9.17) is 14.2 Å². The van der Waals surface area contributed by atoms with Gasteiger partial charge in [0, 0.05) is 28.5 Å². The third-order valence-corrected chi connectivity index (χ3v) is 4.02. The summed E-state index contributed by atoms with van der Waals surface area (Å²) in [6.07, 6.45) is 0. The fourth-order valence-corrected chi connectivity index (χ4v) is 2.78. The monoisotopic (exact) mass is 352 g/mol. The van der Waals surface area contributed by atoms with Crippen LogP contribution in [0.4, 0.5) is 11.4 Å². The number of hydrogen-bond donors (Lipinski definition) is 1. The van der Waals surface area contributed by atoms with Gasteiger partial charge in [-0.15, -0.1) is 0 Å². The molecule has 0 saturated carbocycles. The Labute approximate surface area is 151 Å². The Morgan fingerprint density at radius 3 is 2.42 bits per heavy atom. The largest absolute Gasteiger partial charge is 0.493 e. The molecule has 6 nitrogen and oxygen atoms in total. The number of rotatable bonds is 5. The third-order valence-electron chi connectivity index (χ3n) is 4.02. The van der Waals surface area contributed by atoms with Gasteiger partial charge in [0.25, 0.3) is 0 Å². The van der Waals surface area contributed by atoms with Crippen LogP contribution in [0, 0.1) is 6.92 Å². The molecule has 0 aliphatic rings. The second kappa shape index (κ2) is 7.31. The van der Waals surface area contributed by atoms with Gasteiger partial charge in [-0.05, 0) is 43.3 Å². The first kappa shape index (κ1) is 17.5. The summed E-state index contributed by atoms with van der Waals surface area (Å²) in [5.74, 6) is 0.897. The van der Waals surface area contributed by atoms with E-state index < -0.39 is 0 Å². The van der Waals surface area contributed by atoms with E-state index in [9.17, 15) is 4.79 Å². The van der Waals surface area contributed by atoms with Gasteiger partial charge in [0.05, 0.1) is 32.4 Å². The van der Waals surface area contributed by atoms with Gasteiger partial charge in [-0.25, -0.2) is 4.79 Å². The number of aromatic nitrogens is 1. The number of nitrogens with zero attached hydrogens (tertiary/aromatic N) is 1. The lowest BCUT2D eigenvalue weighted by atomic mass is 10.1. The maximum atomic E-state index is 11.9. The zero-order valence-corrected chi connectivity index (χ0v) is 15.1. The smallest absolute Gasteiger partial charge is 0.337 e. The van der Waals surface area contributed by atoms with E-state index in [0.717, 1.165) is 28.0 Å². The van der Waals surface area contributed by atoms with Gasteiger partial charge >= 0.3 is 5.97 Å². The number of nitrogens with one attached hydrogen (secondary N) is 1. The van der Waals surface area contributed by atoms with Crippen molar-refractivity contribution in [3.8, 4) is 11.5 Å². The first-order chi connectivity index (χ1) is 12.5. The lowest BCUT2D eigenvalue weighted by Gasteiger charge is -2.14. The van der Waals surface area contributed by atoms with Crippen molar-refractivity contribution in [2.75, 3.05) is 26.6 Å². The number of hydrogen-bond acceptors (Lipinski definition) is 6. The molecule has 134 valence electrons. The van der Waals surface area contributed by atoms with Gasteiger partial charge < -0.3 is 19.5 Å². The van der Waals surface area contributed by atoms with Gasteiger partial charge in [-0.1, -0.05) is 0 Å². The van der Waals surface area contributed by atoms with Gasteiger partial charge in [0.2, 0.25) is 0 Å². The zero-order valence-electron chi connectivity index (χ0n) is 15.1. The minimum atomic E-state index is -0.385. The van der Waals surface area contributed by atoms with E-state index >= 15 is 0 Å². The number of fused-ring (bicyclic) bond motifs is 1. The zero-order chi connectivity index (χ0) is 18.7. The van der Waals surface area contributed by atoms with Crippen LogP contribution in [0.2, 0.25) is 0 Å². The summed E-state index contributed by atoms with van der Waals surface area (Å²) in [6.45, 7) is 1.92. The molecule has 0 spiro atoms. The average molecular weight is 352 g/mol. The number of carbonyl (C=O) groups excluding carboxylic acids is 1. The lowest BCUT2D eigenvalue weighted by molar-refractivity contribution is 0.0601. The topological polar surface area (TPSA) is 69.7 Å². The molecule has 3 rings (SSSR count). The molecule has 0 amide bonds. The Balaban J connectivity index is 2.07. The molecular weight excluding hydrogens is 332 g/mol. The highest BCUT2D eigenvalue weighted by Gasteiger charge is 2.11. The number of anilines is 2. The molecule has 1 aromatic heterocycles. The Morgan fingerprint density at radius 2 is 1.73 bits per heavy atom. The van der Waals surface area contributed by atoms with E-state index in [1.165, 1.54) is 7.11 Å². The SMILES string of the molecule is COC(=O)c1ccc2nc(C)cc(Nc3ccc(OC)c(OC)c3)c2c1. The molecule has 0 radical (unpaired) electrons. The van der Waals surface area contributed by atoms with Crippen molar-refractivity contribution >= 4 is 28.2 Å². The van der Waals surface area contributed by atoms with Crippen LogP contribution in [-0.4, -0.2) is 32.3 Å². The van der Waals surface area contributed by atoms with Gasteiger partial charge in [0.1, 0.15) is 0 Å². The molecule has 0 fully saturated rings. The Kier molecular flexibility index (Phi) is 4.93. The predicted molar refractivity (Wildman–Crippen MR) is 101 cm³/mol. The number of methoxy groups -OCH3 is 3. The van der Waals surface area contributed by atoms with Crippen molar-refractivity contribution < 1.29 is 19.0 Å². The van der Waals surface area contributed by atoms with Crippen LogP contribution in [0.3, 0.4) is 0 Å². The molecule has 2 aromatic carbocycles. The van der Waals surface area contributed by atoms with E-state index in [-0.39, 0.29) is 5.97 Å². The Bertz CT molecular complexity index is 969. The van der Waals surface area contributed by atoms with E-state index in [0.29, 0.717) is 17.1 Å².